The molecule has 20 heavy (non-hydrogen) atoms. The van der Waals surface area contributed by atoms with Gasteiger partial charge in [-0.3, -0.25) is 4.79 Å². The van der Waals surface area contributed by atoms with E-state index in [0.29, 0.717) is 12.3 Å². The zero-order valence-electron chi connectivity index (χ0n) is 11.6. The van der Waals surface area contributed by atoms with Crippen molar-refractivity contribution >= 4 is 5.91 Å². The number of ether oxygens (including phenoxy) is 1. The second kappa shape index (κ2) is 7.38. The van der Waals surface area contributed by atoms with Crippen molar-refractivity contribution in [3.8, 4) is 5.75 Å². The van der Waals surface area contributed by atoms with Crippen LogP contribution in [-0.2, 0) is 6.42 Å². The maximum Gasteiger partial charge on any atom is 0.286 e. The van der Waals surface area contributed by atoms with Gasteiger partial charge in [0.25, 0.3) is 5.91 Å². The number of methoxy groups -OCH3 is 1. The van der Waals surface area contributed by atoms with Crippen LogP contribution in [0.15, 0.2) is 47.1 Å². The molecule has 0 aliphatic heterocycles. The number of hydrogen-bond donors (Lipinski definition) is 1. The number of carbonyl (C=O) groups is 1. The van der Waals surface area contributed by atoms with E-state index in [4.69, 9.17) is 9.15 Å². The predicted octanol–water partition coefficient (Wildman–Crippen LogP) is 3.04. The lowest BCUT2D eigenvalue weighted by Gasteiger charge is -2.08. The van der Waals surface area contributed by atoms with Crippen LogP contribution in [0.1, 0.15) is 29.0 Å². The first-order chi connectivity index (χ1) is 9.81. The van der Waals surface area contributed by atoms with Gasteiger partial charge in [0.2, 0.25) is 0 Å². The number of unbranched alkanes of at least 4 members (excludes halogenated alkanes) is 1. The fourth-order valence-corrected chi connectivity index (χ4v) is 2.05. The second-order valence-electron chi connectivity index (χ2n) is 4.50. The van der Waals surface area contributed by atoms with Crippen LogP contribution in [0, 0.1) is 0 Å². The van der Waals surface area contributed by atoms with Crippen LogP contribution in [0.2, 0.25) is 0 Å². The molecular formula is C16H19NO3. The van der Waals surface area contributed by atoms with Crippen LogP contribution in [-0.4, -0.2) is 19.6 Å². The molecule has 1 aromatic heterocycles. The van der Waals surface area contributed by atoms with Gasteiger partial charge >= 0.3 is 0 Å². The minimum atomic E-state index is -0.160. The van der Waals surface area contributed by atoms with E-state index in [2.05, 4.69) is 11.4 Å². The zero-order valence-corrected chi connectivity index (χ0v) is 11.6. The summed E-state index contributed by atoms with van der Waals surface area (Å²) in [5, 5.41) is 2.84. The van der Waals surface area contributed by atoms with E-state index in [-0.39, 0.29) is 5.91 Å². The summed E-state index contributed by atoms with van der Waals surface area (Å²) >= 11 is 0. The quantitative estimate of drug-likeness (QED) is 0.789. The highest BCUT2D eigenvalue weighted by atomic mass is 16.5. The molecule has 4 heteroatoms. The van der Waals surface area contributed by atoms with Crippen molar-refractivity contribution in [1.82, 2.24) is 5.32 Å². The number of furan rings is 1. The molecule has 0 aliphatic carbocycles. The molecule has 106 valence electrons. The van der Waals surface area contributed by atoms with Gasteiger partial charge in [-0.15, -0.1) is 0 Å². The standard InChI is InChI=1S/C16H19NO3/c1-19-14-9-3-2-7-13(14)8-4-5-11-17-16(18)15-10-6-12-20-15/h2-3,6-7,9-10,12H,4-5,8,11H2,1H3,(H,17,18). The summed E-state index contributed by atoms with van der Waals surface area (Å²) in [5.74, 6) is 1.12. The van der Waals surface area contributed by atoms with Gasteiger partial charge in [-0.1, -0.05) is 18.2 Å². The van der Waals surface area contributed by atoms with Gasteiger partial charge in [0.1, 0.15) is 5.75 Å². The summed E-state index contributed by atoms with van der Waals surface area (Å²) in [6, 6.07) is 11.4. The molecule has 0 spiro atoms. The smallest absolute Gasteiger partial charge is 0.286 e. The van der Waals surface area contributed by atoms with E-state index in [1.54, 1.807) is 19.2 Å². The van der Waals surface area contributed by atoms with E-state index in [1.165, 1.54) is 11.8 Å². The molecule has 2 rings (SSSR count). The van der Waals surface area contributed by atoms with E-state index in [1.807, 2.05) is 18.2 Å². The molecule has 0 atom stereocenters. The molecule has 0 bridgehead atoms. The Morgan fingerprint density at radius 3 is 2.80 bits per heavy atom. The molecule has 1 N–H and O–H groups in total. The number of para-hydroxylation sites is 1. The first kappa shape index (κ1) is 14.2. The fraction of sp³-hybridized carbons (Fsp3) is 0.312. The van der Waals surface area contributed by atoms with Crippen molar-refractivity contribution in [3.63, 3.8) is 0 Å². The Kier molecular flexibility index (Phi) is 5.24. The minimum Gasteiger partial charge on any atom is -0.496 e. The SMILES string of the molecule is COc1ccccc1CCCCNC(=O)c1ccco1. The highest BCUT2D eigenvalue weighted by Crippen LogP contribution is 2.19. The number of nitrogens with one attached hydrogen (secondary N) is 1. The predicted molar refractivity (Wildman–Crippen MR) is 77.0 cm³/mol. The third kappa shape index (κ3) is 3.88. The molecule has 0 fully saturated rings. The number of carbonyl (C=O) groups excluding carboxylic acids is 1. The van der Waals surface area contributed by atoms with Crippen molar-refractivity contribution in [2.24, 2.45) is 0 Å². The van der Waals surface area contributed by atoms with Crippen LogP contribution in [0.4, 0.5) is 0 Å². The summed E-state index contributed by atoms with van der Waals surface area (Å²) in [6.07, 6.45) is 4.36. The lowest BCUT2D eigenvalue weighted by Crippen LogP contribution is -2.23. The van der Waals surface area contributed by atoms with Gasteiger partial charge in [0, 0.05) is 6.54 Å². The Morgan fingerprint density at radius 1 is 1.20 bits per heavy atom. The highest BCUT2D eigenvalue weighted by Gasteiger charge is 2.07. The van der Waals surface area contributed by atoms with E-state index >= 15 is 0 Å². The minimum absolute atomic E-state index is 0.160. The van der Waals surface area contributed by atoms with Gasteiger partial charge in [-0.05, 0) is 43.0 Å². The summed E-state index contributed by atoms with van der Waals surface area (Å²) in [5.41, 5.74) is 1.20. The average Bonchev–Trinajstić information content (AvgIpc) is 3.01. The van der Waals surface area contributed by atoms with Crippen LogP contribution in [0.3, 0.4) is 0 Å². The molecule has 0 saturated carbocycles. The monoisotopic (exact) mass is 273 g/mol. The van der Waals surface area contributed by atoms with E-state index in [9.17, 15) is 4.79 Å². The Hall–Kier alpha value is -2.23. The van der Waals surface area contributed by atoms with Crippen molar-refractivity contribution < 1.29 is 13.9 Å². The molecule has 0 radical (unpaired) electrons. The van der Waals surface area contributed by atoms with Crippen molar-refractivity contribution in [1.29, 1.82) is 0 Å². The number of hydrogen-bond acceptors (Lipinski definition) is 3. The van der Waals surface area contributed by atoms with Gasteiger partial charge < -0.3 is 14.5 Å². The number of amides is 1. The third-order valence-electron chi connectivity index (χ3n) is 3.10. The van der Waals surface area contributed by atoms with Crippen molar-refractivity contribution in [2.75, 3.05) is 13.7 Å². The molecule has 1 heterocycles. The Balaban J connectivity index is 1.68. The van der Waals surface area contributed by atoms with Crippen LogP contribution < -0.4 is 10.1 Å². The first-order valence-electron chi connectivity index (χ1n) is 6.75. The van der Waals surface area contributed by atoms with E-state index in [0.717, 1.165) is 25.0 Å². The lowest BCUT2D eigenvalue weighted by molar-refractivity contribution is 0.0925. The van der Waals surface area contributed by atoms with Crippen molar-refractivity contribution in [2.45, 2.75) is 19.3 Å². The summed E-state index contributed by atoms with van der Waals surface area (Å²) in [7, 11) is 1.68. The molecule has 2 aromatic rings. The maximum absolute atomic E-state index is 11.6. The second-order valence-corrected chi connectivity index (χ2v) is 4.50. The van der Waals surface area contributed by atoms with Gasteiger partial charge in [-0.2, -0.15) is 0 Å². The molecule has 0 aliphatic rings. The first-order valence-corrected chi connectivity index (χ1v) is 6.75. The van der Waals surface area contributed by atoms with Crippen LogP contribution >= 0.6 is 0 Å². The lowest BCUT2D eigenvalue weighted by atomic mass is 10.1. The molecule has 1 aromatic carbocycles. The van der Waals surface area contributed by atoms with Crippen molar-refractivity contribution in [3.05, 3.63) is 54.0 Å². The highest BCUT2D eigenvalue weighted by molar-refractivity contribution is 5.91. The molecular weight excluding hydrogens is 254 g/mol. The number of benzene rings is 1. The number of aryl methyl sites for hydroxylation is 1. The Morgan fingerprint density at radius 2 is 2.05 bits per heavy atom. The fourth-order valence-electron chi connectivity index (χ4n) is 2.05. The average molecular weight is 273 g/mol. The summed E-state index contributed by atoms with van der Waals surface area (Å²) in [6.45, 7) is 0.648. The summed E-state index contributed by atoms with van der Waals surface area (Å²) in [4.78, 5) is 11.6. The zero-order chi connectivity index (χ0) is 14.2. The number of rotatable bonds is 7. The van der Waals surface area contributed by atoms with Gasteiger partial charge in [0.05, 0.1) is 13.4 Å². The molecule has 4 nitrogen and oxygen atoms in total. The normalized spacial score (nSPS) is 10.2. The Bertz CT molecular complexity index is 534. The molecule has 0 saturated heterocycles. The van der Waals surface area contributed by atoms with E-state index < -0.39 is 0 Å². The molecule has 1 amide bonds. The molecule has 0 unspecified atom stereocenters. The Labute approximate surface area is 118 Å². The summed E-state index contributed by atoms with van der Waals surface area (Å²) < 4.78 is 10.3. The largest absolute Gasteiger partial charge is 0.496 e. The maximum atomic E-state index is 11.6. The van der Waals surface area contributed by atoms with Crippen LogP contribution in [0.25, 0.3) is 0 Å². The van der Waals surface area contributed by atoms with Gasteiger partial charge in [-0.25, -0.2) is 0 Å². The third-order valence-corrected chi connectivity index (χ3v) is 3.10. The van der Waals surface area contributed by atoms with Crippen LogP contribution in [0.5, 0.6) is 5.75 Å². The topological polar surface area (TPSA) is 51.5 Å². The van der Waals surface area contributed by atoms with Gasteiger partial charge in [0.15, 0.2) is 5.76 Å².